The Kier molecular flexibility index (Phi) is 4.79. The van der Waals surface area contributed by atoms with Gasteiger partial charge in [-0.3, -0.25) is 0 Å². The maximum absolute atomic E-state index is 2.41. The zero-order valence-electron chi connectivity index (χ0n) is 11.7. The van der Waals surface area contributed by atoms with Crippen molar-refractivity contribution in [2.75, 3.05) is 0 Å². The van der Waals surface area contributed by atoms with Gasteiger partial charge in [0.25, 0.3) is 0 Å². The van der Waals surface area contributed by atoms with Crippen molar-refractivity contribution in [2.24, 2.45) is 0 Å². The molecule has 2 aromatic carbocycles. The monoisotopic (exact) mass is 251 g/mol. The van der Waals surface area contributed by atoms with Gasteiger partial charge in [-0.25, -0.2) is 0 Å². The third-order valence-electron chi connectivity index (χ3n) is 3.35. The van der Waals surface area contributed by atoms with Gasteiger partial charge in [0.05, 0.1) is 0 Å². The van der Waals surface area contributed by atoms with E-state index in [-0.39, 0.29) is 0 Å². The van der Waals surface area contributed by atoms with E-state index in [1.807, 2.05) is 0 Å². The van der Waals surface area contributed by atoms with Crippen LogP contribution >= 0.6 is 0 Å². The molecule has 0 spiro atoms. The molecular weight excluding hydrogens is 230 g/mol. The summed E-state index contributed by atoms with van der Waals surface area (Å²) in [5.41, 5.74) is 4.01. The second-order valence-electron chi connectivity index (χ2n) is 4.76. The Morgan fingerprint density at radius 2 is 1.26 bits per heavy atom. The molecule has 2 aromatic rings. The molecule has 0 atom stereocenters. The first-order valence-corrected chi connectivity index (χ1v) is 6.75. The molecular formula is C18H21N. The fourth-order valence-electron chi connectivity index (χ4n) is 2.10. The molecule has 0 aliphatic carbocycles. The van der Waals surface area contributed by atoms with Crippen LogP contribution in [0.2, 0.25) is 0 Å². The van der Waals surface area contributed by atoms with Crippen molar-refractivity contribution in [3.05, 3.63) is 83.6 Å². The molecule has 0 saturated carbocycles. The van der Waals surface area contributed by atoms with E-state index >= 15 is 0 Å². The number of hydrogen-bond donors (Lipinski definition) is 0. The molecule has 0 aliphatic rings. The molecule has 0 heterocycles. The van der Waals surface area contributed by atoms with Crippen molar-refractivity contribution in [3.8, 4) is 0 Å². The number of benzene rings is 2. The Bertz CT molecular complexity index is 472. The number of hydrogen-bond acceptors (Lipinski definition) is 1. The Morgan fingerprint density at radius 1 is 0.842 bits per heavy atom. The maximum Gasteiger partial charge on any atom is 0.0430 e. The van der Waals surface area contributed by atoms with Crippen LogP contribution < -0.4 is 0 Å². The Hall–Kier alpha value is -2.02. The largest absolute Gasteiger partial charge is 0.367 e. The van der Waals surface area contributed by atoms with E-state index in [9.17, 15) is 0 Å². The van der Waals surface area contributed by atoms with Crippen LogP contribution in [0.4, 0.5) is 0 Å². The van der Waals surface area contributed by atoms with Crippen molar-refractivity contribution >= 4 is 0 Å². The average molecular weight is 251 g/mol. The van der Waals surface area contributed by atoms with E-state index in [1.54, 1.807) is 0 Å². The van der Waals surface area contributed by atoms with Crippen LogP contribution in [0.25, 0.3) is 0 Å². The number of rotatable bonds is 5. The summed E-state index contributed by atoms with van der Waals surface area (Å²) in [5, 5.41) is 0. The Balaban J connectivity index is 2.13. The topological polar surface area (TPSA) is 3.24 Å². The fraction of sp³-hybridized carbons (Fsp3) is 0.222. The summed E-state index contributed by atoms with van der Waals surface area (Å²) in [7, 11) is 0. The minimum absolute atomic E-state index is 0.950. The van der Waals surface area contributed by atoms with Crippen molar-refractivity contribution in [1.29, 1.82) is 0 Å². The lowest BCUT2D eigenvalue weighted by molar-refractivity contribution is 0.329. The van der Waals surface area contributed by atoms with E-state index in [0.29, 0.717) is 0 Å². The summed E-state index contributed by atoms with van der Waals surface area (Å²) in [4.78, 5) is 2.41. The number of nitrogens with zero attached hydrogens (tertiary/aromatic N) is 1. The number of allylic oxidation sites excluding steroid dienone is 2. The van der Waals surface area contributed by atoms with Gasteiger partial charge in [0.15, 0.2) is 0 Å². The highest BCUT2D eigenvalue weighted by molar-refractivity contribution is 5.19. The minimum atomic E-state index is 0.950. The Labute approximate surface area is 116 Å². The van der Waals surface area contributed by atoms with Gasteiger partial charge in [0.2, 0.25) is 0 Å². The lowest BCUT2D eigenvalue weighted by Gasteiger charge is -2.25. The lowest BCUT2D eigenvalue weighted by Crippen LogP contribution is -2.20. The molecule has 1 heteroatoms. The van der Waals surface area contributed by atoms with Crippen molar-refractivity contribution in [3.63, 3.8) is 0 Å². The molecule has 0 bridgehead atoms. The standard InChI is InChI=1S/C18H21N/c1-3-16(2)19(14-17-10-6-4-7-11-17)15-18-12-8-5-9-13-18/h3-13H,14-15H2,1-2H3. The summed E-state index contributed by atoms with van der Waals surface area (Å²) >= 11 is 0. The molecule has 0 fully saturated rings. The highest BCUT2D eigenvalue weighted by Crippen LogP contribution is 2.15. The molecule has 0 amide bonds. The van der Waals surface area contributed by atoms with Crippen LogP contribution in [0.3, 0.4) is 0 Å². The molecule has 98 valence electrons. The predicted octanol–water partition coefficient (Wildman–Crippen LogP) is 4.61. The van der Waals surface area contributed by atoms with E-state index < -0.39 is 0 Å². The first-order chi connectivity index (χ1) is 9.29. The first-order valence-electron chi connectivity index (χ1n) is 6.75. The second kappa shape index (κ2) is 6.79. The van der Waals surface area contributed by atoms with Crippen LogP contribution in [-0.2, 0) is 13.1 Å². The molecule has 0 radical (unpaired) electrons. The summed E-state index contributed by atoms with van der Waals surface area (Å²) in [6.45, 7) is 6.17. The van der Waals surface area contributed by atoms with E-state index in [4.69, 9.17) is 0 Å². The molecule has 1 nitrogen and oxygen atoms in total. The zero-order valence-corrected chi connectivity index (χ0v) is 11.7. The maximum atomic E-state index is 2.41. The average Bonchev–Trinajstić information content (AvgIpc) is 2.48. The minimum Gasteiger partial charge on any atom is -0.367 e. The smallest absolute Gasteiger partial charge is 0.0430 e. The molecule has 2 rings (SSSR count). The van der Waals surface area contributed by atoms with Crippen LogP contribution in [-0.4, -0.2) is 4.90 Å². The van der Waals surface area contributed by atoms with Crippen LogP contribution in [0.15, 0.2) is 72.4 Å². The van der Waals surface area contributed by atoms with Crippen LogP contribution in [0, 0.1) is 0 Å². The summed E-state index contributed by atoms with van der Waals surface area (Å²) in [5.74, 6) is 0. The van der Waals surface area contributed by atoms with Gasteiger partial charge in [-0.05, 0) is 25.0 Å². The summed E-state index contributed by atoms with van der Waals surface area (Å²) in [6, 6.07) is 21.2. The quantitative estimate of drug-likeness (QED) is 0.750. The Morgan fingerprint density at radius 3 is 1.63 bits per heavy atom. The molecule has 0 aromatic heterocycles. The lowest BCUT2D eigenvalue weighted by atomic mass is 10.1. The SMILES string of the molecule is CC=C(C)N(Cc1ccccc1)Cc1ccccc1. The van der Waals surface area contributed by atoms with Crippen molar-refractivity contribution in [1.82, 2.24) is 4.90 Å². The van der Waals surface area contributed by atoms with Gasteiger partial charge < -0.3 is 4.90 Å². The van der Waals surface area contributed by atoms with Gasteiger partial charge in [0.1, 0.15) is 0 Å². The highest BCUT2D eigenvalue weighted by atomic mass is 15.1. The van der Waals surface area contributed by atoms with Crippen molar-refractivity contribution in [2.45, 2.75) is 26.9 Å². The molecule has 0 unspecified atom stereocenters. The summed E-state index contributed by atoms with van der Waals surface area (Å²) < 4.78 is 0. The van der Waals surface area contributed by atoms with Crippen LogP contribution in [0.5, 0.6) is 0 Å². The van der Waals surface area contributed by atoms with Gasteiger partial charge in [-0.15, -0.1) is 0 Å². The van der Waals surface area contributed by atoms with Crippen LogP contribution in [0.1, 0.15) is 25.0 Å². The van der Waals surface area contributed by atoms with Gasteiger partial charge in [-0.2, -0.15) is 0 Å². The van der Waals surface area contributed by atoms with E-state index in [1.165, 1.54) is 16.8 Å². The first kappa shape index (κ1) is 13.4. The highest BCUT2D eigenvalue weighted by Gasteiger charge is 2.06. The van der Waals surface area contributed by atoms with Crippen molar-refractivity contribution < 1.29 is 0 Å². The normalized spacial score (nSPS) is 11.4. The van der Waals surface area contributed by atoms with E-state index in [0.717, 1.165) is 13.1 Å². The van der Waals surface area contributed by atoms with Gasteiger partial charge in [0, 0.05) is 18.8 Å². The van der Waals surface area contributed by atoms with Gasteiger partial charge >= 0.3 is 0 Å². The van der Waals surface area contributed by atoms with E-state index in [2.05, 4.69) is 85.5 Å². The molecule has 0 aliphatic heterocycles. The fourth-order valence-corrected chi connectivity index (χ4v) is 2.10. The molecule has 0 N–H and O–H groups in total. The second-order valence-corrected chi connectivity index (χ2v) is 4.76. The molecule has 0 saturated heterocycles. The third-order valence-corrected chi connectivity index (χ3v) is 3.35. The predicted molar refractivity (Wildman–Crippen MR) is 81.6 cm³/mol. The van der Waals surface area contributed by atoms with Gasteiger partial charge in [-0.1, -0.05) is 66.7 Å². The zero-order chi connectivity index (χ0) is 13.5. The molecule has 19 heavy (non-hydrogen) atoms. The third kappa shape index (κ3) is 3.99. The summed E-state index contributed by atoms with van der Waals surface area (Å²) in [6.07, 6.45) is 2.17.